The van der Waals surface area contributed by atoms with Gasteiger partial charge in [-0.05, 0) is 25.0 Å². The second-order valence-corrected chi connectivity index (χ2v) is 6.16. The quantitative estimate of drug-likeness (QED) is 0.618. The normalized spacial score (nSPS) is 21.7. The van der Waals surface area contributed by atoms with Crippen molar-refractivity contribution in [2.75, 3.05) is 6.54 Å². The van der Waals surface area contributed by atoms with E-state index in [-0.39, 0.29) is 10.7 Å². The lowest BCUT2D eigenvalue weighted by molar-refractivity contribution is 0.303. The van der Waals surface area contributed by atoms with Crippen molar-refractivity contribution in [2.45, 2.75) is 30.2 Å². The van der Waals surface area contributed by atoms with Crippen molar-refractivity contribution in [2.24, 2.45) is 5.73 Å². The molecule has 0 spiro atoms. The monoisotopic (exact) mass is 268 g/mol. The summed E-state index contributed by atoms with van der Waals surface area (Å²) < 4.78 is 26.2. The molecule has 1 atom stereocenters. The molecule has 2 rings (SSSR count). The van der Waals surface area contributed by atoms with Crippen LogP contribution in [0.2, 0.25) is 0 Å². The van der Waals surface area contributed by atoms with Gasteiger partial charge in [0.25, 0.3) is 0 Å². The third-order valence-corrected chi connectivity index (χ3v) is 4.95. The van der Waals surface area contributed by atoms with Crippen molar-refractivity contribution in [3.05, 3.63) is 24.5 Å². The minimum atomic E-state index is -3.61. The van der Waals surface area contributed by atoms with Crippen molar-refractivity contribution in [3.8, 4) is 0 Å². The molecule has 1 aromatic rings. The molecular formula is C11H16N4O2S. The summed E-state index contributed by atoms with van der Waals surface area (Å²) in [5.74, 6) is -0.0952. The molecule has 1 aliphatic heterocycles. The van der Waals surface area contributed by atoms with Gasteiger partial charge in [-0.1, -0.05) is 6.42 Å². The maximum atomic E-state index is 12.4. The van der Waals surface area contributed by atoms with Gasteiger partial charge < -0.3 is 5.73 Å². The van der Waals surface area contributed by atoms with Crippen LogP contribution in [0.3, 0.4) is 0 Å². The van der Waals surface area contributed by atoms with E-state index >= 15 is 0 Å². The fourth-order valence-corrected chi connectivity index (χ4v) is 3.78. The van der Waals surface area contributed by atoms with Gasteiger partial charge in [-0.25, -0.2) is 8.42 Å². The number of nitrogens with two attached hydrogens (primary N) is 1. The zero-order valence-electron chi connectivity index (χ0n) is 9.91. The number of nitrogens with zero attached hydrogens (tertiary/aromatic N) is 2. The smallest absolute Gasteiger partial charge is 0.245 e. The standard InChI is InChI=1S/C11H16N4O2S/c12-11(13)10-5-1-2-7-15(10)18(16,17)9-4-3-6-14-8-9/h3-4,6,8,10H,1-2,5,7H2,(H3,12,13). The average molecular weight is 268 g/mol. The molecule has 2 heterocycles. The highest BCUT2D eigenvalue weighted by Crippen LogP contribution is 2.24. The highest BCUT2D eigenvalue weighted by Gasteiger charge is 2.35. The summed E-state index contributed by atoms with van der Waals surface area (Å²) in [6.45, 7) is 0.404. The SMILES string of the molecule is N=C(N)C1CCCCN1S(=O)(=O)c1cccnc1. The maximum Gasteiger partial charge on any atom is 0.245 e. The molecule has 1 aliphatic rings. The zero-order valence-corrected chi connectivity index (χ0v) is 10.7. The predicted molar refractivity (Wildman–Crippen MR) is 67.7 cm³/mol. The second kappa shape index (κ2) is 5.03. The minimum Gasteiger partial charge on any atom is -0.386 e. The van der Waals surface area contributed by atoms with E-state index in [9.17, 15) is 8.42 Å². The third-order valence-electron chi connectivity index (χ3n) is 3.05. The van der Waals surface area contributed by atoms with Gasteiger partial charge in [0.05, 0.1) is 6.04 Å². The Labute approximate surface area is 106 Å². The summed E-state index contributed by atoms with van der Waals surface area (Å²) in [5, 5.41) is 7.52. The molecule has 0 bridgehead atoms. The zero-order chi connectivity index (χ0) is 13.2. The molecule has 3 N–H and O–H groups in total. The lowest BCUT2D eigenvalue weighted by atomic mass is 10.0. The van der Waals surface area contributed by atoms with E-state index in [1.165, 1.54) is 22.8 Å². The Hall–Kier alpha value is -1.47. The van der Waals surface area contributed by atoms with Crippen molar-refractivity contribution in [3.63, 3.8) is 0 Å². The van der Waals surface area contributed by atoms with E-state index in [1.54, 1.807) is 6.07 Å². The number of hydrogen-bond donors (Lipinski definition) is 2. The topological polar surface area (TPSA) is 100 Å². The molecule has 1 fully saturated rings. The van der Waals surface area contributed by atoms with Crippen LogP contribution in [0.5, 0.6) is 0 Å². The minimum absolute atomic E-state index is 0.0952. The Kier molecular flexibility index (Phi) is 3.63. The molecule has 0 aliphatic carbocycles. The first-order valence-corrected chi connectivity index (χ1v) is 7.23. The molecule has 98 valence electrons. The summed E-state index contributed by atoms with van der Waals surface area (Å²) >= 11 is 0. The van der Waals surface area contributed by atoms with E-state index in [0.29, 0.717) is 13.0 Å². The highest BCUT2D eigenvalue weighted by atomic mass is 32.2. The van der Waals surface area contributed by atoms with Crippen molar-refractivity contribution < 1.29 is 8.42 Å². The molecule has 1 aromatic heterocycles. The lowest BCUT2D eigenvalue weighted by Crippen LogP contribution is -2.50. The fourth-order valence-electron chi connectivity index (χ4n) is 2.14. The molecule has 1 unspecified atom stereocenters. The van der Waals surface area contributed by atoms with Gasteiger partial charge in [0, 0.05) is 18.9 Å². The summed E-state index contributed by atoms with van der Waals surface area (Å²) in [6, 6.07) is 2.57. The Balaban J connectivity index is 2.36. The number of sulfonamides is 1. The van der Waals surface area contributed by atoms with Gasteiger partial charge >= 0.3 is 0 Å². The van der Waals surface area contributed by atoms with Crippen LogP contribution in [0.1, 0.15) is 19.3 Å². The van der Waals surface area contributed by atoms with E-state index in [2.05, 4.69) is 4.98 Å². The predicted octanol–water partition coefficient (Wildman–Crippen LogP) is 0.561. The van der Waals surface area contributed by atoms with Gasteiger partial charge in [0.1, 0.15) is 10.7 Å². The van der Waals surface area contributed by atoms with Crippen LogP contribution < -0.4 is 5.73 Å². The molecule has 7 heteroatoms. The number of amidine groups is 1. The first kappa shape index (κ1) is 13.0. The van der Waals surface area contributed by atoms with E-state index in [0.717, 1.165) is 12.8 Å². The van der Waals surface area contributed by atoms with Gasteiger partial charge in [-0.15, -0.1) is 0 Å². The Morgan fingerprint density at radius 3 is 2.89 bits per heavy atom. The van der Waals surface area contributed by atoms with Gasteiger partial charge in [-0.2, -0.15) is 4.31 Å². The number of rotatable bonds is 3. The first-order chi connectivity index (χ1) is 8.53. The van der Waals surface area contributed by atoms with Crippen LogP contribution in [0.15, 0.2) is 29.4 Å². The van der Waals surface area contributed by atoms with E-state index in [4.69, 9.17) is 11.1 Å². The van der Waals surface area contributed by atoms with Crippen LogP contribution in [0, 0.1) is 5.41 Å². The molecule has 18 heavy (non-hydrogen) atoms. The van der Waals surface area contributed by atoms with Crippen LogP contribution in [0.4, 0.5) is 0 Å². The number of nitrogens with one attached hydrogen (secondary N) is 1. The van der Waals surface area contributed by atoms with Crippen molar-refractivity contribution in [1.29, 1.82) is 5.41 Å². The first-order valence-electron chi connectivity index (χ1n) is 5.79. The van der Waals surface area contributed by atoms with E-state index < -0.39 is 16.1 Å². The lowest BCUT2D eigenvalue weighted by Gasteiger charge is -2.33. The molecular weight excluding hydrogens is 252 g/mol. The number of hydrogen-bond acceptors (Lipinski definition) is 4. The Morgan fingerprint density at radius 1 is 1.50 bits per heavy atom. The van der Waals surface area contributed by atoms with Crippen molar-refractivity contribution >= 4 is 15.9 Å². The summed E-state index contributed by atoms with van der Waals surface area (Å²) in [5.41, 5.74) is 5.49. The van der Waals surface area contributed by atoms with Crippen LogP contribution in [0.25, 0.3) is 0 Å². The molecule has 0 saturated carbocycles. The van der Waals surface area contributed by atoms with Gasteiger partial charge in [0.2, 0.25) is 10.0 Å². The highest BCUT2D eigenvalue weighted by molar-refractivity contribution is 7.89. The van der Waals surface area contributed by atoms with Crippen molar-refractivity contribution in [1.82, 2.24) is 9.29 Å². The average Bonchev–Trinajstić information content (AvgIpc) is 2.39. The second-order valence-electron chi connectivity index (χ2n) is 4.27. The summed E-state index contributed by atoms with van der Waals surface area (Å²) in [6.07, 6.45) is 5.14. The Morgan fingerprint density at radius 2 is 2.28 bits per heavy atom. The van der Waals surface area contributed by atoms with E-state index in [1.807, 2.05) is 0 Å². The third kappa shape index (κ3) is 2.37. The van der Waals surface area contributed by atoms with Crippen LogP contribution >= 0.6 is 0 Å². The maximum absolute atomic E-state index is 12.4. The molecule has 6 nitrogen and oxygen atoms in total. The fraction of sp³-hybridized carbons (Fsp3) is 0.455. The van der Waals surface area contributed by atoms with Crippen LogP contribution in [-0.4, -0.2) is 36.1 Å². The summed E-state index contributed by atoms with van der Waals surface area (Å²) in [4.78, 5) is 3.98. The molecule has 0 radical (unpaired) electrons. The van der Waals surface area contributed by atoms with Gasteiger partial charge in [-0.3, -0.25) is 10.4 Å². The molecule has 0 amide bonds. The van der Waals surface area contributed by atoms with Crippen LogP contribution in [-0.2, 0) is 10.0 Å². The largest absolute Gasteiger partial charge is 0.386 e. The molecule has 0 aromatic carbocycles. The van der Waals surface area contributed by atoms with Gasteiger partial charge in [0.15, 0.2) is 0 Å². The number of aromatic nitrogens is 1. The molecule has 1 saturated heterocycles. The summed E-state index contributed by atoms with van der Waals surface area (Å²) in [7, 11) is -3.61. The number of piperidine rings is 1. The Bertz CT molecular complexity index is 529. The number of pyridine rings is 1.